The van der Waals surface area contributed by atoms with Gasteiger partial charge in [0.05, 0.1) is 18.6 Å². The quantitative estimate of drug-likeness (QED) is 0.279. The number of furan rings is 1. The van der Waals surface area contributed by atoms with Gasteiger partial charge < -0.3 is 14.3 Å². The predicted molar refractivity (Wildman–Crippen MR) is 104 cm³/mol. The van der Waals surface area contributed by atoms with E-state index in [4.69, 9.17) is 9.15 Å². The number of nitrogens with zero attached hydrogens (tertiary/aromatic N) is 3. The summed E-state index contributed by atoms with van der Waals surface area (Å²) in [5, 5.41) is 24.9. The van der Waals surface area contributed by atoms with Gasteiger partial charge in [-0.05, 0) is 56.3 Å². The number of hydrogen-bond donors (Lipinski definition) is 1. The Kier molecular flexibility index (Phi) is 5.49. The minimum absolute atomic E-state index is 0.00778. The van der Waals surface area contributed by atoms with Crippen LogP contribution in [0.15, 0.2) is 40.8 Å². The van der Waals surface area contributed by atoms with E-state index in [1.165, 1.54) is 42.1 Å². The zero-order chi connectivity index (χ0) is 21.1. The summed E-state index contributed by atoms with van der Waals surface area (Å²) in [4.78, 5) is 23.0. The van der Waals surface area contributed by atoms with Crippen molar-refractivity contribution in [1.29, 1.82) is 0 Å². The van der Waals surface area contributed by atoms with Gasteiger partial charge in [0.1, 0.15) is 22.9 Å². The summed E-state index contributed by atoms with van der Waals surface area (Å²) >= 11 is 0. The SMILES string of the molecule is COc1cc(C(=O)/C=C/c2ccc(Cn3nc(C)c([N+](=O)[O-])c3C)o2)ccc1O. The van der Waals surface area contributed by atoms with Gasteiger partial charge in [0.2, 0.25) is 0 Å². The summed E-state index contributed by atoms with van der Waals surface area (Å²) < 4.78 is 12.2. The molecule has 0 amide bonds. The largest absolute Gasteiger partial charge is 0.504 e. The third kappa shape index (κ3) is 4.18. The molecule has 0 atom stereocenters. The van der Waals surface area contributed by atoms with Crippen LogP contribution in [0.4, 0.5) is 5.69 Å². The fourth-order valence-corrected chi connectivity index (χ4v) is 2.91. The van der Waals surface area contributed by atoms with E-state index in [9.17, 15) is 20.0 Å². The number of rotatable bonds is 7. The number of phenolic OH excluding ortho intramolecular Hbond substituents is 1. The van der Waals surface area contributed by atoms with Crippen LogP contribution in [0.25, 0.3) is 6.08 Å². The van der Waals surface area contributed by atoms with Gasteiger partial charge in [0.25, 0.3) is 0 Å². The molecule has 0 saturated heterocycles. The van der Waals surface area contributed by atoms with Crippen LogP contribution in [0.3, 0.4) is 0 Å². The van der Waals surface area contributed by atoms with E-state index in [1.807, 2.05) is 0 Å². The summed E-state index contributed by atoms with van der Waals surface area (Å²) in [7, 11) is 1.40. The molecular formula is C20H19N3O6. The van der Waals surface area contributed by atoms with Gasteiger partial charge in [-0.2, -0.15) is 5.10 Å². The molecule has 29 heavy (non-hydrogen) atoms. The number of aromatic hydroxyl groups is 1. The average molecular weight is 397 g/mol. The van der Waals surface area contributed by atoms with Crippen LogP contribution in [0, 0.1) is 24.0 Å². The van der Waals surface area contributed by atoms with Crippen LogP contribution in [-0.4, -0.2) is 32.7 Å². The Morgan fingerprint density at radius 2 is 2.10 bits per heavy atom. The highest BCUT2D eigenvalue weighted by atomic mass is 16.6. The minimum Gasteiger partial charge on any atom is -0.504 e. The molecule has 0 aliphatic rings. The second-order valence-corrected chi connectivity index (χ2v) is 6.32. The number of nitro groups is 1. The van der Waals surface area contributed by atoms with Crippen molar-refractivity contribution in [3.8, 4) is 11.5 Å². The third-order valence-corrected chi connectivity index (χ3v) is 4.38. The maximum Gasteiger partial charge on any atom is 0.312 e. The zero-order valence-corrected chi connectivity index (χ0v) is 16.1. The number of methoxy groups -OCH3 is 1. The van der Waals surface area contributed by atoms with Crippen LogP contribution in [0.5, 0.6) is 11.5 Å². The van der Waals surface area contributed by atoms with Crippen LogP contribution in [0.1, 0.15) is 33.3 Å². The van der Waals surface area contributed by atoms with Gasteiger partial charge in [-0.15, -0.1) is 0 Å². The summed E-state index contributed by atoms with van der Waals surface area (Å²) in [6.07, 6.45) is 2.87. The van der Waals surface area contributed by atoms with Crippen molar-refractivity contribution >= 4 is 17.5 Å². The lowest BCUT2D eigenvalue weighted by molar-refractivity contribution is -0.386. The van der Waals surface area contributed by atoms with E-state index in [1.54, 1.807) is 26.0 Å². The van der Waals surface area contributed by atoms with Crippen LogP contribution in [-0.2, 0) is 6.54 Å². The molecule has 0 bridgehead atoms. The van der Waals surface area contributed by atoms with E-state index in [-0.39, 0.29) is 29.5 Å². The van der Waals surface area contributed by atoms with Crippen LogP contribution >= 0.6 is 0 Å². The molecule has 0 radical (unpaired) electrons. The number of hydrogen-bond acceptors (Lipinski definition) is 7. The number of carbonyl (C=O) groups is 1. The van der Waals surface area contributed by atoms with Crippen molar-refractivity contribution in [3.63, 3.8) is 0 Å². The summed E-state index contributed by atoms with van der Waals surface area (Å²) in [5.41, 5.74) is 1.13. The highest BCUT2D eigenvalue weighted by molar-refractivity contribution is 6.07. The van der Waals surface area contributed by atoms with Gasteiger partial charge in [-0.3, -0.25) is 19.6 Å². The molecule has 0 saturated carbocycles. The molecule has 0 aliphatic carbocycles. The second kappa shape index (κ2) is 8.01. The van der Waals surface area contributed by atoms with Crippen molar-refractivity contribution < 1.29 is 24.0 Å². The lowest BCUT2D eigenvalue weighted by atomic mass is 10.1. The molecule has 9 heteroatoms. The van der Waals surface area contributed by atoms with Gasteiger partial charge in [-0.25, -0.2) is 0 Å². The van der Waals surface area contributed by atoms with Crippen molar-refractivity contribution in [2.24, 2.45) is 0 Å². The molecule has 3 rings (SSSR count). The summed E-state index contributed by atoms with van der Waals surface area (Å²) in [6.45, 7) is 3.45. The fraction of sp³-hybridized carbons (Fsp3) is 0.200. The second-order valence-electron chi connectivity index (χ2n) is 6.32. The van der Waals surface area contributed by atoms with Gasteiger partial charge >= 0.3 is 5.69 Å². The molecule has 0 aliphatic heterocycles. The molecule has 0 spiro atoms. The van der Waals surface area contributed by atoms with Crippen molar-refractivity contribution in [1.82, 2.24) is 9.78 Å². The molecule has 2 aromatic heterocycles. The zero-order valence-electron chi connectivity index (χ0n) is 16.1. The number of ether oxygens (including phenoxy) is 1. The third-order valence-electron chi connectivity index (χ3n) is 4.38. The van der Waals surface area contributed by atoms with E-state index in [2.05, 4.69) is 5.10 Å². The lowest BCUT2D eigenvalue weighted by Crippen LogP contribution is -2.03. The fourth-order valence-electron chi connectivity index (χ4n) is 2.91. The molecule has 1 N–H and O–H groups in total. The number of benzene rings is 1. The molecule has 3 aromatic rings. The molecular weight excluding hydrogens is 378 g/mol. The molecule has 1 aromatic carbocycles. The topological polar surface area (TPSA) is 121 Å². The van der Waals surface area contributed by atoms with E-state index in [0.717, 1.165) is 0 Å². The lowest BCUT2D eigenvalue weighted by Gasteiger charge is -2.04. The maximum atomic E-state index is 12.3. The normalized spacial score (nSPS) is 11.1. The number of aryl methyl sites for hydroxylation is 1. The number of aromatic nitrogens is 2. The number of allylic oxidation sites excluding steroid dienone is 1. The Morgan fingerprint density at radius 1 is 1.34 bits per heavy atom. The smallest absolute Gasteiger partial charge is 0.312 e. The first-order chi connectivity index (χ1) is 13.8. The van der Waals surface area contributed by atoms with E-state index in [0.29, 0.717) is 28.5 Å². The van der Waals surface area contributed by atoms with Crippen LogP contribution in [0.2, 0.25) is 0 Å². The van der Waals surface area contributed by atoms with E-state index < -0.39 is 4.92 Å². The Bertz CT molecular complexity index is 1110. The first-order valence-electron chi connectivity index (χ1n) is 8.66. The Morgan fingerprint density at radius 3 is 2.76 bits per heavy atom. The Hall–Kier alpha value is -3.88. The first-order valence-corrected chi connectivity index (χ1v) is 8.66. The highest BCUT2D eigenvalue weighted by Crippen LogP contribution is 2.27. The highest BCUT2D eigenvalue weighted by Gasteiger charge is 2.22. The van der Waals surface area contributed by atoms with Crippen molar-refractivity contribution in [3.05, 3.63) is 75.0 Å². The Labute approximate surface area is 166 Å². The van der Waals surface area contributed by atoms with Crippen molar-refractivity contribution in [2.75, 3.05) is 7.11 Å². The minimum atomic E-state index is -0.450. The monoisotopic (exact) mass is 397 g/mol. The molecule has 0 fully saturated rings. The molecule has 9 nitrogen and oxygen atoms in total. The molecule has 2 heterocycles. The van der Waals surface area contributed by atoms with Gasteiger partial charge in [0.15, 0.2) is 17.3 Å². The van der Waals surface area contributed by atoms with Crippen LogP contribution < -0.4 is 4.74 Å². The van der Waals surface area contributed by atoms with Crippen molar-refractivity contribution in [2.45, 2.75) is 20.4 Å². The van der Waals surface area contributed by atoms with E-state index >= 15 is 0 Å². The first kappa shape index (κ1) is 19.9. The van der Waals surface area contributed by atoms with Gasteiger partial charge in [0, 0.05) is 5.56 Å². The number of phenols is 1. The number of ketones is 1. The molecule has 150 valence electrons. The molecule has 0 unspecified atom stereocenters. The Balaban J connectivity index is 1.73. The number of carbonyl (C=O) groups excluding carboxylic acids is 1. The standard InChI is InChI=1S/C20H19N3O6/c1-12-20(23(26)27)13(2)22(21-12)11-16-6-5-15(29-16)7-9-17(24)14-4-8-18(25)19(10-14)28-3/h4-10,25H,11H2,1-3H3/b9-7+. The van der Waals surface area contributed by atoms with Gasteiger partial charge in [-0.1, -0.05) is 0 Å². The maximum absolute atomic E-state index is 12.3. The average Bonchev–Trinajstić information content (AvgIpc) is 3.24. The predicted octanol–water partition coefficient (Wildman–Crippen LogP) is 3.66. The summed E-state index contributed by atoms with van der Waals surface area (Å²) in [5.74, 6) is 0.881. The summed E-state index contributed by atoms with van der Waals surface area (Å²) in [6, 6.07) is 7.74.